The van der Waals surface area contributed by atoms with Gasteiger partial charge in [0, 0.05) is 58.8 Å². The third-order valence-electron chi connectivity index (χ3n) is 12.0. The molecular formula is C41H63NO10S. The van der Waals surface area contributed by atoms with Gasteiger partial charge in [0.25, 0.3) is 0 Å². The number of Topliss-reactive ketones (excluding diaryl/α,β-unsaturated/α-hetero) is 2. The Kier molecular flexibility index (Phi) is 14.8. The van der Waals surface area contributed by atoms with Crippen molar-refractivity contribution in [2.45, 2.75) is 129 Å². The van der Waals surface area contributed by atoms with Crippen LogP contribution in [0.25, 0.3) is 0 Å². The molecule has 0 saturated carbocycles. The number of likely N-dealkylation sites (N-methyl/N-ethyl adjacent to an activating group) is 1. The van der Waals surface area contributed by atoms with E-state index in [9.17, 15) is 23.7 Å². The molecule has 298 valence electrons. The van der Waals surface area contributed by atoms with Crippen LogP contribution in [0, 0.1) is 29.6 Å². The molecule has 1 aromatic carbocycles. The fourth-order valence-corrected chi connectivity index (χ4v) is 9.94. The summed E-state index contributed by atoms with van der Waals surface area (Å²) in [6.45, 7) is 14.5. The molecule has 0 amide bonds. The predicted molar refractivity (Wildman–Crippen MR) is 203 cm³/mol. The van der Waals surface area contributed by atoms with E-state index >= 15 is 0 Å². The van der Waals surface area contributed by atoms with Crippen LogP contribution in [0.3, 0.4) is 0 Å². The third-order valence-corrected chi connectivity index (χ3v) is 13.2. The lowest BCUT2D eigenvalue weighted by molar-refractivity contribution is -0.295. The zero-order valence-corrected chi connectivity index (χ0v) is 34.4. The standard InChI is InChI=1S/C41H63NO10S/c1-12-32-41(8)33(30(22-49-41)23-53(47)19-18-29-16-14-13-15-17-29)26(4)34(43)24(2)21-40(7,48-11)37(27(5)35(44)28(6)38(46)51-32)52-39-36(45)31(42(9)10)20-25(3)50-39/h13-17,23-28,31-33,36-37,39,45H,12,18-22H2,1-11H3/b30-23+/t24?,25-,26?,27-,28+,31?,32?,33?,36-,37+,39+,40?,41+,53?/m0/s1. The number of carbonyl (C=O) groups excluding carboxylic acids is 3. The Morgan fingerprint density at radius 2 is 1.68 bits per heavy atom. The van der Waals surface area contributed by atoms with Crippen LogP contribution in [-0.2, 0) is 55.3 Å². The van der Waals surface area contributed by atoms with Gasteiger partial charge in [-0.1, -0.05) is 58.0 Å². The Bertz CT molecular complexity index is 1490. The lowest BCUT2D eigenvalue weighted by atomic mass is 9.69. The summed E-state index contributed by atoms with van der Waals surface area (Å²) < 4.78 is 45.1. The molecule has 7 unspecified atom stereocenters. The minimum atomic E-state index is -1.35. The van der Waals surface area contributed by atoms with Crippen molar-refractivity contribution in [1.82, 2.24) is 4.90 Å². The van der Waals surface area contributed by atoms with Crippen molar-refractivity contribution in [3.8, 4) is 0 Å². The van der Waals surface area contributed by atoms with E-state index in [0.29, 0.717) is 25.0 Å². The highest BCUT2D eigenvalue weighted by Crippen LogP contribution is 2.47. The third kappa shape index (κ3) is 9.56. The zero-order chi connectivity index (χ0) is 39.4. The van der Waals surface area contributed by atoms with Crippen molar-refractivity contribution >= 4 is 28.3 Å². The van der Waals surface area contributed by atoms with Gasteiger partial charge in [0.05, 0.1) is 24.4 Å². The Morgan fingerprint density at radius 1 is 1.02 bits per heavy atom. The average molecular weight is 762 g/mol. The van der Waals surface area contributed by atoms with Crippen molar-refractivity contribution in [2.24, 2.45) is 29.6 Å². The van der Waals surface area contributed by atoms with Gasteiger partial charge in [-0.05, 0) is 78.6 Å². The zero-order valence-electron chi connectivity index (χ0n) is 33.5. The van der Waals surface area contributed by atoms with Crippen LogP contribution in [0.1, 0.15) is 80.2 Å². The van der Waals surface area contributed by atoms with E-state index in [4.69, 9.17) is 23.7 Å². The predicted octanol–water partition coefficient (Wildman–Crippen LogP) is 4.89. The van der Waals surface area contributed by atoms with Crippen molar-refractivity contribution in [2.75, 3.05) is 33.6 Å². The number of carbonyl (C=O) groups is 3. The maximum atomic E-state index is 14.6. The van der Waals surface area contributed by atoms with Gasteiger partial charge < -0.3 is 33.7 Å². The molecule has 0 radical (unpaired) electrons. The Hall–Kier alpha value is -2.32. The number of aliphatic hydroxyl groups excluding tert-OH is 1. The molecule has 3 heterocycles. The van der Waals surface area contributed by atoms with Crippen molar-refractivity contribution in [3.63, 3.8) is 0 Å². The molecule has 3 fully saturated rings. The number of nitrogens with zero attached hydrogens (tertiary/aromatic N) is 1. The molecule has 4 rings (SSSR count). The number of benzene rings is 1. The van der Waals surface area contributed by atoms with Crippen LogP contribution in [-0.4, -0.2) is 113 Å². The van der Waals surface area contributed by atoms with Crippen LogP contribution in [0.2, 0.25) is 0 Å². The highest BCUT2D eigenvalue weighted by atomic mass is 32.2. The molecule has 3 saturated heterocycles. The number of rotatable bonds is 9. The summed E-state index contributed by atoms with van der Waals surface area (Å²) in [6.07, 6.45) is -2.43. The summed E-state index contributed by atoms with van der Waals surface area (Å²) >= 11 is 0. The van der Waals surface area contributed by atoms with Gasteiger partial charge in [0.1, 0.15) is 29.5 Å². The van der Waals surface area contributed by atoms with E-state index < -0.39 is 87.9 Å². The number of methoxy groups -OCH3 is 1. The number of fused-ring (bicyclic) bond motifs is 1. The van der Waals surface area contributed by atoms with Gasteiger partial charge in [-0.15, -0.1) is 0 Å². The number of cyclic esters (lactones) is 1. The molecule has 0 spiro atoms. The summed E-state index contributed by atoms with van der Waals surface area (Å²) in [5.74, 6) is -4.63. The first kappa shape index (κ1) is 43.4. The molecule has 1 N–H and O–H groups in total. The van der Waals surface area contributed by atoms with E-state index in [-0.39, 0.29) is 31.0 Å². The number of ketones is 2. The molecule has 12 heteroatoms. The minimum Gasteiger partial charge on any atom is -0.459 e. The number of aliphatic hydroxyl groups is 1. The second-order valence-electron chi connectivity index (χ2n) is 16.2. The maximum Gasteiger partial charge on any atom is 0.316 e. The lowest BCUT2D eigenvalue weighted by Crippen LogP contribution is -2.59. The Balaban J connectivity index is 1.74. The first-order valence-electron chi connectivity index (χ1n) is 19.1. The first-order valence-corrected chi connectivity index (χ1v) is 20.5. The number of aryl methyl sites for hydroxylation is 1. The number of esters is 1. The van der Waals surface area contributed by atoms with Crippen LogP contribution in [0.15, 0.2) is 41.3 Å². The van der Waals surface area contributed by atoms with Gasteiger partial charge in [0.15, 0.2) is 12.1 Å². The Labute approximate surface area is 318 Å². The molecular weight excluding hydrogens is 699 g/mol. The molecule has 3 aliphatic rings. The van der Waals surface area contributed by atoms with E-state index in [2.05, 4.69) is 0 Å². The molecule has 14 atom stereocenters. The quantitative estimate of drug-likeness (QED) is 0.272. The van der Waals surface area contributed by atoms with E-state index in [1.54, 1.807) is 19.3 Å². The van der Waals surface area contributed by atoms with Gasteiger partial charge in [-0.3, -0.25) is 18.6 Å². The second kappa shape index (κ2) is 18.1. The lowest BCUT2D eigenvalue weighted by Gasteiger charge is -2.47. The van der Waals surface area contributed by atoms with Crippen LogP contribution in [0.4, 0.5) is 0 Å². The molecule has 0 aliphatic carbocycles. The molecule has 1 aromatic rings. The fourth-order valence-electron chi connectivity index (χ4n) is 8.83. The summed E-state index contributed by atoms with van der Waals surface area (Å²) in [5, 5.41) is 13.1. The molecule has 3 aliphatic heterocycles. The second-order valence-corrected chi connectivity index (χ2v) is 17.6. The highest BCUT2D eigenvalue weighted by molar-refractivity contribution is 7.88. The SMILES string of the molecule is CCC1OC(=O)[C@H](C)C(=O)[C@H](C)[C@@H](O[C@H]2O[C@@H](C)CC(N(C)C)[C@@H]2O)C(C)(OC)CC(C)C(=O)C(C)C2/C(=C/S(=O)CCc3ccccc3)CO[C@]12C. The highest BCUT2D eigenvalue weighted by Gasteiger charge is 2.56. The van der Waals surface area contributed by atoms with Crippen LogP contribution in [0.5, 0.6) is 0 Å². The summed E-state index contributed by atoms with van der Waals surface area (Å²) in [7, 11) is 3.92. The molecule has 0 bridgehead atoms. The number of ether oxygens (including phenoxy) is 5. The number of hydrogen-bond acceptors (Lipinski definition) is 11. The van der Waals surface area contributed by atoms with Gasteiger partial charge in [-0.2, -0.15) is 0 Å². The first-order chi connectivity index (χ1) is 24.9. The average Bonchev–Trinajstić information content (AvgIpc) is 3.46. The largest absolute Gasteiger partial charge is 0.459 e. The van der Waals surface area contributed by atoms with Gasteiger partial charge >= 0.3 is 5.97 Å². The summed E-state index contributed by atoms with van der Waals surface area (Å²) in [5.41, 5.74) is -0.543. The van der Waals surface area contributed by atoms with E-state index in [1.165, 1.54) is 14.0 Å². The molecule has 53 heavy (non-hydrogen) atoms. The normalized spacial score (nSPS) is 40.5. The fraction of sp³-hybridized carbons (Fsp3) is 0.732. The minimum absolute atomic E-state index is 0.0736. The van der Waals surface area contributed by atoms with Gasteiger partial charge in [-0.25, -0.2) is 0 Å². The Morgan fingerprint density at radius 3 is 2.28 bits per heavy atom. The van der Waals surface area contributed by atoms with Crippen LogP contribution < -0.4 is 0 Å². The van der Waals surface area contributed by atoms with E-state index in [1.807, 2.05) is 83.9 Å². The topological polar surface area (TPSA) is 138 Å². The monoisotopic (exact) mass is 761 g/mol. The molecule has 0 aromatic heterocycles. The van der Waals surface area contributed by atoms with Gasteiger partial charge in [0.2, 0.25) is 0 Å². The smallest absolute Gasteiger partial charge is 0.316 e. The maximum absolute atomic E-state index is 14.6. The van der Waals surface area contributed by atoms with Crippen molar-refractivity contribution in [3.05, 3.63) is 46.9 Å². The molecule has 11 nitrogen and oxygen atoms in total. The van der Waals surface area contributed by atoms with Crippen molar-refractivity contribution < 1.29 is 47.4 Å². The van der Waals surface area contributed by atoms with Crippen LogP contribution >= 0.6 is 0 Å². The van der Waals surface area contributed by atoms with Crippen molar-refractivity contribution in [1.29, 1.82) is 0 Å². The summed E-state index contributed by atoms with van der Waals surface area (Å²) in [4.78, 5) is 44.7. The summed E-state index contributed by atoms with van der Waals surface area (Å²) in [6, 6.07) is 9.59. The van der Waals surface area contributed by atoms with E-state index in [0.717, 1.165) is 11.1 Å². The number of hydrogen-bond donors (Lipinski definition) is 1.